The van der Waals surface area contributed by atoms with E-state index in [1.54, 1.807) is 11.8 Å². The van der Waals surface area contributed by atoms with Gasteiger partial charge in [-0.25, -0.2) is 0 Å². The summed E-state index contributed by atoms with van der Waals surface area (Å²) in [5, 5.41) is 0. The summed E-state index contributed by atoms with van der Waals surface area (Å²) in [5.41, 5.74) is 2.62. The maximum Gasteiger partial charge on any atom is 0.232 e. The molecule has 0 aromatic heterocycles. The molecule has 1 saturated heterocycles. The molecule has 4 heteroatoms. The van der Waals surface area contributed by atoms with Crippen LogP contribution in [0.25, 0.3) is 0 Å². The Morgan fingerprint density at radius 3 is 2.04 bits per heavy atom. The molecule has 0 bridgehead atoms. The Kier molecular flexibility index (Phi) is 6.33. The van der Waals surface area contributed by atoms with E-state index < -0.39 is 0 Å². The maximum atomic E-state index is 12.3. The van der Waals surface area contributed by atoms with E-state index in [2.05, 4.69) is 41.3 Å². The van der Waals surface area contributed by atoms with Crippen molar-refractivity contribution in [2.45, 2.75) is 12.3 Å². The minimum absolute atomic E-state index is 0.273. The molecule has 0 spiro atoms. The number of nitrogens with zero attached hydrogens (tertiary/aromatic N) is 2. The summed E-state index contributed by atoms with van der Waals surface area (Å²) in [6.07, 6.45) is 0. The zero-order chi connectivity index (χ0) is 16.6. The number of piperazine rings is 1. The lowest BCUT2D eigenvalue weighted by molar-refractivity contribution is -0.130. The Bertz CT molecular complexity index is 625. The highest BCUT2D eigenvalue weighted by Gasteiger charge is 2.20. The number of hydrogen-bond acceptors (Lipinski definition) is 3. The SMILES string of the molecule is O=C(CSCc1ccccc1)N1CCN(Cc2ccccc2)CC1. The number of thioether (sulfide) groups is 1. The molecule has 24 heavy (non-hydrogen) atoms. The average Bonchev–Trinajstić information content (AvgIpc) is 2.64. The second-order valence-electron chi connectivity index (χ2n) is 6.12. The van der Waals surface area contributed by atoms with Crippen molar-refractivity contribution in [1.82, 2.24) is 9.80 Å². The van der Waals surface area contributed by atoms with E-state index in [-0.39, 0.29) is 5.91 Å². The number of benzene rings is 2. The van der Waals surface area contributed by atoms with Crippen LogP contribution >= 0.6 is 11.8 Å². The Morgan fingerprint density at radius 2 is 1.42 bits per heavy atom. The van der Waals surface area contributed by atoms with Gasteiger partial charge in [0, 0.05) is 38.5 Å². The molecular formula is C20H24N2OS. The molecule has 0 aliphatic carbocycles. The van der Waals surface area contributed by atoms with Gasteiger partial charge in [-0.3, -0.25) is 9.69 Å². The highest BCUT2D eigenvalue weighted by Crippen LogP contribution is 2.14. The molecule has 0 radical (unpaired) electrons. The van der Waals surface area contributed by atoms with Crippen LogP contribution in [0.15, 0.2) is 60.7 Å². The summed E-state index contributed by atoms with van der Waals surface area (Å²) >= 11 is 1.71. The fraction of sp³-hybridized carbons (Fsp3) is 0.350. The minimum Gasteiger partial charge on any atom is -0.339 e. The first kappa shape index (κ1) is 17.1. The molecule has 126 valence electrons. The molecule has 1 amide bonds. The number of rotatable bonds is 6. The topological polar surface area (TPSA) is 23.6 Å². The Morgan fingerprint density at radius 1 is 0.833 bits per heavy atom. The van der Waals surface area contributed by atoms with E-state index in [9.17, 15) is 4.79 Å². The van der Waals surface area contributed by atoms with Crippen LogP contribution in [-0.4, -0.2) is 47.6 Å². The van der Waals surface area contributed by atoms with Gasteiger partial charge in [0.1, 0.15) is 0 Å². The van der Waals surface area contributed by atoms with Crippen LogP contribution in [-0.2, 0) is 17.1 Å². The van der Waals surface area contributed by atoms with E-state index in [0.29, 0.717) is 5.75 Å². The molecule has 1 aliphatic heterocycles. The van der Waals surface area contributed by atoms with Crippen LogP contribution in [0.3, 0.4) is 0 Å². The molecule has 0 unspecified atom stereocenters. The Balaban J connectivity index is 1.37. The zero-order valence-electron chi connectivity index (χ0n) is 13.9. The van der Waals surface area contributed by atoms with Crippen molar-refractivity contribution in [3.8, 4) is 0 Å². The van der Waals surface area contributed by atoms with Gasteiger partial charge in [-0.1, -0.05) is 60.7 Å². The predicted octanol–water partition coefficient (Wildman–Crippen LogP) is 3.26. The van der Waals surface area contributed by atoms with Crippen LogP contribution in [0.5, 0.6) is 0 Å². The summed E-state index contributed by atoms with van der Waals surface area (Å²) < 4.78 is 0. The first-order valence-corrected chi connectivity index (χ1v) is 9.62. The van der Waals surface area contributed by atoms with Gasteiger partial charge in [0.2, 0.25) is 5.91 Å². The predicted molar refractivity (Wildman–Crippen MR) is 101 cm³/mol. The van der Waals surface area contributed by atoms with Gasteiger partial charge < -0.3 is 4.90 Å². The number of carbonyl (C=O) groups excluding carboxylic acids is 1. The molecule has 3 rings (SSSR count). The molecular weight excluding hydrogens is 316 g/mol. The molecule has 1 fully saturated rings. The molecule has 0 saturated carbocycles. The molecule has 2 aromatic carbocycles. The van der Waals surface area contributed by atoms with Gasteiger partial charge in [0.15, 0.2) is 0 Å². The minimum atomic E-state index is 0.273. The van der Waals surface area contributed by atoms with Crippen molar-refractivity contribution in [2.24, 2.45) is 0 Å². The summed E-state index contributed by atoms with van der Waals surface area (Å²) in [4.78, 5) is 16.8. The average molecular weight is 340 g/mol. The van der Waals surface area contributed by atoms with Crippen LogP contribution in [0.1, 0.15) is 11.1 Å². The lowest BCUT2D eigenvalue weighted by Gasteiger charge is -2.34. The molecule has 0 N–H and O–H groups in total. The largest absolute Gasteiger partial charge is 0.339 e. The lowest BCUT2D eigenvalue weighted by atomic mass is 10.2. The van der Waals surface area contributed by atoms with Crippen LogP contribution < -0.4 is 0 Å². The fourth-order valence-electron chi connectivity index (χ4n) is 2.92. The standard InChI is InChI=1S/C20H24N2OS/c23-20(17-24-16-19-9-5-2-6-10-19)22-13-11-21(12-14-22)15-18-7-3-1-4-8-18/h1-10H,11-17H2. The van der Waals surface area contributed by atoms with Gasteiger partial charge >= 0.3 is 0 Å². The van der Waals surface area contributed by atoms with Gasteiger partial charge in [0.25, 0.3) is 0 Å². The Labute approximate surface area is 148 Å². The van der Waals surface area contributed by atoms with Gasteiger partial charge in [-0.15, -0.1) is 11.8 Å². The third kappa shape index (κ3) is 5.11. The van der Waals surface area contributed by atoms with Gasteiger partial charge in [-0.2, -0.15) is 0 Å². The Hall–Kier alpha value is -1.78. The highest BCUT2D eigenvalue weighted by molar-refractivity contribution is 7.99. The van der Waals surface area contributed by atoms with E-state index >= 15 is 0 Å². The van der Waals surface area contributed by atoms with E-state index in [0.717, 1.165) is 38.5 Å². The molecule has 0 atom stereocenters. The monoisotopic (exact) mass is 340 g/mol. The quantitative estimate of drug-likeness (QED) is 0.806. The second kappa shape index (κ2) is 8.90. The summed E-state index contributed by atoms with van der Waals surface area (Å²) in [6, 6.07) is 20.9. The third-order valence-corrected chi connectivity index (χ3v) is 5.30. The van der Waals surface area contributed by atoms with Crippen molar-refractivity contribution in [1.29, 1.82) is 0 Å². The summed E-state index contributed by atoms with van der Waals surface area (Å²) in [5.74, 6) is 1.75. The third-order valence-electron chi connectivity index (χ3n) is 4.31. The normalized spacial score (nSPS) is 15.4. The van der Waals surface area contributed by atoms with E-state index in [1.165, 1.54) is 11.1 Å². The van der Waals surface area contributed by atoms with E-state index in [1.807, 2.05) is 29.2 Å². The summed E-state index contributed by atoms with van der Waals surface area (Å²) in [6.45, 7) is 4.59. The van der Waals surface area contributed by atoms with Crippen LogP contribution in [0.4, 0.5) is 0 Å². The maximum absolute atomic E-state index is 12.3. The van der Waals surface area contributed by atoms with Gasteiger partial charge in [-0.05, 0) is 11.1 Å². The van der Waals surface area contributed by atoms with Crippen molar-refractivity contribution in [3.63, 3.8) is 0 Å². The first-order chi connectivity index (χ1) is 11.8. The zero-order valence-corrected chi connectivity index (χ0v) is 14.8. The van der Waals surface area contributed by atoms with Crippen LogP contribution in [0, 0.1) is 0 Å². The molecule has 1 heterocycles. The number of carbonyl (C=O) groups is 1. The molecule has 3 nitrogen and oxygen atoms in total. The first-order valence-electron chi connectivity index (χ1n) is 8.47. The van der Waals surface area contributed by atoms with Crippen LogP contribution in [0.2, 0.25) is 0 Å². The van der Waals surface area contributed by atoms with Crippen molar-refractivity contribution >= 4 is 17.7 Å². The van der Waals surface area contributed by atoms with E-state index in [4.69, 9.17) is 0 Å². The smallest absolute Gasteiger partial charge is 0.232 e. The fourth-order valence-corrected chi connectivity index (χ4v) is 3.81. The van der Waals surface area contributed by atoms with Crippen molar-refractivity contribution < 1.29 is 4.79 Å². The molecule has 1 aliphatic rings. The number of amides is 1. The number of hydrogen-bond donors (Lipinski definition) is 0. The summed E-state index contributed by atoms with van der Waals surface area (Å²) in [7, 11) is 0. The second-order valence-corrected chi connectivity index (χ2v) is 7.11. The van der Waals surface area contributed by atoms with Crippen molar-refractivity contribution in [2.75, 3.05) is 31.9 Å². The molecule has 2 aromatic rings. The highest BCUT2D eigenvalue weighted by atomic mass is 32.2. The van der Waals surface area contributed by atoms with Gasteiger partial charge in [0.05, 0.1) is 5.75 Å². The van der Waals surface area contributed by atoms with Crippen molar-refractivity contribution in [3.05, 3.63) is 71.8 Å². The lowest BCUT2D eigenvalue weighted by Crippen LogP contribution is -2.48.